The lowest BCUT2D eigenvalue weighted by atomic mass is 10.0. The number of amides is 2. The van der Waals surface area contributed by atoms with Gasteiger partial charge in [-0.1, -0.05) is 19.9 Å². The van der Waals surface area contributed by atoms with Crippen LogP contribution < -0.4 is 15.4 Å². The molecule has 0 atom stereocenters. The molecule has 0 aromatic heterocycles. The molecule has 7 nitrogen and oxygen atoms in total. The predicted octanol–water partition coefficient (Wildman–Crippen LogP) is 2.59. The van der Waals surface area contributed by atoms with Crippen LogP contribution in [0.15, 0.2) is 18.2 Å². The number of hydrogen-bond donors (Lipinski definition) is 2. The zero-order chi connectivity index (χ0) is 21.8. The highest BCUT2D eigenvalue weighted by Gasteiger charge is 2.20. The number of nitrogens with one attached hydrogen (secondary N) is 2. The van der Waals surface area contributed by atoms with Crippen LogP contribution in [0.2, 0.25) is 0 Å². The number of rotatable bonds is 7. The molecule has 0 saturated carbocycles. The Balaban J connectivity index is 2.30. The van der Waals surface area contributed by atoms with Crippen molar-refractivity contribution in [2.75, 3.05) is 46.5 Å². The molecule has 0 aliphatic carbocycles. The molecule has 2 amide bonds. The van der Waals surface area contributed by atoms with Crippen molar-refractivity contribution in [2.45, 2.75) is 46.1 Å². The van der Waals surface area contributed by atoms with E-state index in [0.29, 0.717) is 50.9 Å². The first kappa shape index (κ1) is 24.2. The van der Waals surface area contributed by atoms with Crippen LogP contribution in [0.5, 0.6) is 5.75 Å². The van der Waals surface area contributed by atoms with Gasteiger partial charge in [0.15, 0.2) is 0 Å². The van der Waals surface area contributed by atoms with Crippen molar-refractivity contribution in [1.29, 1.82) is 0 Å². The van der Waals surface area contributed by atoms with Crippen LogP contribution in [0.1, 0.15) is 55.5 Å². The lowest BCUT2D eigenvalue weighted by Gasteiger charge is -2.25. The van der Waals surface area contributed by atoms with Gasteiger partial charge in [-0.25, -0.2) is 0 Å². The minimum Gasteiger partial charge on any atom is -0.493 e. The SMILES string of the molecule is COCCNC(=O)c1cccc2c1CN(CCC(C)C)CC(=O)NCCCCCO2. The molecule has 1 aliphatic rings. The van der Waals surface area contributed by atoms with E-state index < -0.39 is 0 Å². The van der Waals surface area contributed by atoms with E-state index >= 15 is 0 Å². The summed E-state index contributed by atoms with van der Waals surface area (Å²) >= 11 is 0. The second kappa shape index (κ2) is 13.2. The molecule has 1 aliphatic heterocycles. The summed E-state index contributed by atoms with van der Waals surface area (Å²) in [6.07, 6.45) is 3.82. The summed E-state index contributed by atoms with van der Waals surface area (Å²) in [5, 5.41) is 5.92. The molecule has 0 fully saturated rings. The second-order valence-corrected chi connectivity index (χ2v) is 8.18. The quantitative estimate of drug-likeness (QED) is 0.664. The van der Waals surface area contributed by atoms with Crippen molar-refractivity contribution < 1.29 is 19.1 Å². The molecule has 0 spiro atoms. The summed E-state index contributed by atoms with van der Waals surface area (Å²) in [5.74, 6) is 1.14. The average molecular weight is 420 g/mol. The van der Waals surface area contributed by atoms with E-state index in [-0.39, 0.29) is 11.8 Å². The fraction of sp³-hybridized carbons (Fsp3) is 0.652. The van der Waals surface area contributed by atoms with Gasteiger partial charge >= 0.3 is 0 Å². The van der Waals surface area contributed by atoms with Gasteiger partial charge in [-0.15, -0.1) is 0 Å². The fourth-order valence-electron chi connectivity index (χ4n) is 3.39. The molecule has 168 valence electrons. The third kappa shape index (κ3) is 8.32. The van der Waals surface area contributed by atoms with Crippen molar-refractivity contribution in [3.05, 3.63) is 29.3 Å². The van der Waals surface area contributed by atoms with Gasteiger partial charge < -0.3 is 20.1 Å². The Kier molecular flexibility index (Phi) is 10.7. The van der Waals surface area contributed by atoms with E-state index in [1.807, 2.05) is 18.2 Å². The fourth-order valence-corrected chi connectivity index (χ4v) is 3.39. The van der Waals surface area contributed by atoms with E-state index in [1.165, 1.54) is 0 Å². The molecular formula is C23H37N3O4. The molecule has 0 radical (unpaired) electrons. The molecule has 0 bridgehead atoms. The summed E-state index contributed by atoms with van der Waals surface area (Å²) in [5.41, 5.74) is 1.43. The van der Waals surface area contributed by atoms with Crippen LogP contribution in [-0.2, 0) is 16.1 Å². The summed E-state index contributed by atoms with van der Waals surface area (Å²) in [7, 11) is 1.61. The number of hydrogen-bond acceptors (Lipinski definition) is 5. The minimum absolute atomic E-state index is 0.0301. The maximum Gasteiger partial charge on any atom is 0.251 e. The summed E-state index contributed by atoms with van der Waals surface area (Å²) in [6, 6.07) is 5.60. The lowest BCUT2D eigenvalue weighted by molar-refractivity contribution is -0.122. The Bertz CT molecular complexity index is 678. The lowest BCUT2D eigenvalue weighted by Crippen LogP contribution is -2.38. The van der Waals surface area contributed by atoms with E-state index in [2.05, 4.69) is 29.4 Å². The Morgan fingerprint density at radius 2 is 2.10 bits per heavy atom. The highest BCUT2D eigenvalue weighted by atomic mass is 16.5. The molecule has 0 saturated heterocycles. The second-order valence-electron chi connectivity index (χ2n) is 8.18. The first-order chi connectivity index (χ1) is 14.5. The van der Waals surface area contributed by atoms with Crippen LogP contribution in [0, 0.1) is 5.92 Å². The van der Waals surface area contributed by atoms with Gasteiger partial charge in [0.2, 0.25) is 5.91 Å². The van der Waals surface area contributed by atoms with Crippen molar-refractivity contribution >= 4 is 11.8 Å². The Morgan fingerprint density at radius 1 is 1.27 bits per heavy atom. The van der Waals surface area contributed by atoms with Gasteiger partial charge in [-0.2, -0.15) is 0 Å². The molecule has 1 heterocycles. The van der Waals surface area contributed by atoms with Crippen molar-refractivity contribution in [3.8, 4) is 5.75 Å². The number of benzene rings is 1. The largest absolute Gasteiger partial charge is 0.493 e. The van der Waals surface area contributed by atoms with Crippen molar-refractivity contribution in [2.24, 2.45) is 5.92 Å². The summed E-state index contributed by atoms with van der Waals surface area (Å²) < 4.78 is 11.1. The Labute approximate surface area is 180 Å². The average Bonchev–Trinajstić information content (AvgIpc) is 2.73. The summed E-state index contributed by atoms with van der Waals surface area (Å²) in [6.45, 7) is 8.12. The number of methoxy groups -OCH3 is 1. The standard InChI is InChI=1S/C23H37N3O4/c1-18(2)10-13-26-16-20-19(23(28)25-12-15-29-3)8-7-9-21(20)30-14-6-4-5-11-24-22(27)17-26/h7-9,18H,4-6,10-17H2,1-3H3,(H,24,27)(H,25,28). The normalized spacial score (nSPS) is 16.5. The number of fused-ring (bicyclic) bond motifs is 1. The monoisotopic (exact) mass is 419 g/mol. The number of carbonyl (C=O) groups is 2. The van der Waals surface area contributed by atoms with Crippen LogP contribution in [0.25, 0.3) is 0 Å². The Hall–Kier alpha value is -2.12. The number of carbonyl (C=O) groups excluding carboxylic acids is 2. The summed E-state index contributed by atoms with van der Waals surface area (Å²) in [4.78, 5) is 27.4. The third-order valence-electron chi connectivity index (χ3n) is 5.14. The van der Waals surface area contributed by atoms with Crippen LogP contribution in [0.3, 0.4) is 0 Å². The van der Waals surface area contributed by atoms with Gasteiger partial charge in [-0.05, 0) is 50.3 Å². The van der Waals surface area contributed by atoms with Gasteiger partial charge in [0.05, 0.1) is 19.8 Å². The molecule has 1 aromatic rings. The molecule has 0 unspecified atom stereocenters. The third-order valence-corrected chi connectivity index (χ3v) is 5.14. The van der Waals surface area contributed by atoms with Gasteiger partial charge in [0.1, 0.15) is 5.75 Å². The smallest absolute Gasteiger partial charge is 0.251 e. The van der Waals surface area contributed by atoms with Gasteiger partial charge in [-0.3, -0.25) is 14.5 Å². The molecule has 30 heavy (non-hydrogen) atoms. The molecule has 1 aromatic carbocycles. The highest BCUT2D eigenvalue weighted by molar-refractivity contribution is 5.96. The van der Waals surface area contributed by atoms with Gasteiger partial charge in [0, 0.05) is 37.9 Å². The molecule has 7 heteroatoms. The molecule has 2 rings (SSSR count). The van der Waals surface area contributed by atoms with E-state index in [1.54, 1.807) is 7.11 Å². The van der Waals surface area contributed by atoms with Crippen molar-refractivity contribution in [3.63, 3.8) is 0 Å². The maximum absolute atomic E-state index is 12.8. The zero-order valence-electron chi connectivity index (χ0n) is 18.7. The van der Waals surface area contributed by atoms with Gasteiger partial charge in [0.25, 0.3) is 5.91 Å². The van der Waals surface area contributed by atoms with E-state index in [9.17, 15) is 9.59 Å². The van der Waals surface area contributed by atoms with Crippen LogP contribution in [-0.4, -0.2) is 63.2 Å². The minimum atomic E-state index is -0.148. The topological polar surface area (TPSA) is 79.9 Å². The van der Waals surface area contributed by atoms with E-state index in [4.69, 9.17) is 9.47 Å². The maximum atomic E-state index is 12.8. The zero-order valence-corrected chi connectivity index (χ0v) is 18.7. The number of nitrogens with zero attached hydrogens (tertiary/aromatic N) is 1. The first-order valence-electron chi connectivity index (χ1n) is 11.0. The molecular weight excluding hydrogens is 382 g/mol. The van der Waals surface area contributed by atoms with Crippen LogP contribution >= 0.6 is 0 Å². The number of ether oxygens (including phenoxy) is 2. The Morgan fingerprint density at radius 3 is 2.87 bits per heavy atom. The highest BCUT2D eigenvalue weighted by Crippen LogP contribution is 2.25. The van der Waals surface area contributed by atoms with Crippen LogP contribution in [0.4, 0.5) is 0 Å². The predicted molar refractivity (Wildman–Crippen MR) is 118 cm³/mol. The molecule has 2 N–H and O–H groups in total. The van der Waals surface area contributed by atoms with Crippen molar-refractivity contribution in [1.82, 2.24) is 15.5 Å². The van der Waals surface area contributed by atoms with E-state index in [0.717, 1.165) is 43.5 Å². The first-order valence-corrected chi connectivity index (χ1v) is 11.0.